The summed E-state index contributed by atoms with van der Waals surface area (Å²) >= 11 is 0. The smallest absolute Gasteiger partial charge is 0.332 e. The minimum absolute atomic E-state index is 0.164. The predicted molar refractivity (Wildman–Crippen MR) is 149 cm³/mol. The molecule has 9 nitrogen and oxygen atoms in total. The Balaban J connectivity index is 1.50. The van der Waals surface area contributed by atoms with Crippen molar-refractivity contribution in [1.82, 2.24) is 23.9 Å². The van der Waals surface area contributed by atoms with Gasteiger partial charge in [0.05, 0.1) is 18.3 Å². The van der Waals surface area contributed by atoms with Crippen molar-refractivity contribution in [1.29, 1.82) is 0 Å². The normalized spacial score (nSPS) is 17.2. The largest absolute Gasteiger partial charge is 0.340 e. The van der Waals surface area contributed by atoms with Crippen LogP contribution in [-0.4, -0.2) is 29.9 Å². The van der Waals surface area contributed by atoms with E-state index in [1.165, 1.54) is 7.05 Å². The summed E-state index contributed by atoms with van der Waals surface area (Å²) in [7, 11) is 1.51. The Labute approximate surface area is 219 Å². The van der Waals surface area contributed by atoms with Crippen LogP contribution in [0.3, 0.4) is 0 Å². The molecule has 3 aromatic heterocycles. The van der Waals surface area contributed by atoms with E-state index in [0.29, 0.717) is 23.4 Å². The third-order valence-electron chi connectivity index (χ3n) is 7.32. The lowest BCUT2D eigenvalue weighted by Gasteiger charge is -2.19. The van der Waals surface area contributed by atoms with Crippen molar-refractivity contribution in [3.63, 3.8) is 0 Å². The number of benzene rings is 2. The molecule has 1 saturated carbocycles. The summed E-state index contributed by atoms with van der Waals surface area (Å²) in [6, 6.07) is 23.2. The van der Waals surface area contributed by atoms with Crippen molar-refractivity contribution in [3.8, 4) is 11.3 Å². The maximum absolute atomic E-state index is 13.5. The van der Waals surface area contributed by atoms with Crippen LogP contribution in [0.1, 0.15) is 30.9 Å². The SMILES string of the molecule is Cn1c(=O)c2c(Nc3ccccc3)n(Cc3ccc(-c4ccccn4)cc3)nc2n(C2CCCC2N)c1=O. The quantitative estimate of drug-likeness (QED) is 0.362. The topological polar surface area (TPSA) is 113 Å². The summed E-state index contributed by atoms with van der Waals surface area (Å²) in [6.45, 7) is 0.403. The summed E-state index contributed by atoms with van der Waals surface area (Å²) in [5.41, 5.74) is 9.73. The number of pyridine rings is 1. The molecule has 3 heterocycles. The zero-order valence-electron chi connectivity index (χ0n) is 21.1. The van der Waals surface area contributed by atoms with Crippen LogP contribution < -0.4 is 22.3 Å². The fourth-order valence-corrected chi connectivity index (χ4v) is 5.30. The third-order valence-corrected chi connectivity index (χ3v) is 7.32. The van der Waals surface area contributed by atoms with E-state index in [4.69, 9.17) is 10.8 Å². The first-order valence-corrected chi connectivity index (χ1v) is 12.8. The van der Waals surface area contributed by atoms with Crippen molar-refractivity contribution >= 4 is 22.5 Å². The number of hydrogen-bond acceptors (Lipinski definition) is 6. The lowest BCUT2D eigenvalue weighted by molar-refractivity contribution is 0.441. The van der Waals surface area contributed by atoms with Crippen LogP contribution in [0.15, 0.2) is 88.6 Å². The van der Waals surface area contributed by atoms with Crippen molar-refractivity contribution in [2.75, 3.05) is 5.32 Å². The van der Waals surface area contributed by atoms with Crippen molar-refractivity contribution < 1.29 is 0 Å². The van der Waals surface area contributed by atoms with Crippen LogP contribution in [0.5, 0.6) is 0 Å². The van der Waals surface area contributed by atoms with Crippen LogP contribution in [-0.2, 0) is 13.6 Å². The summed E-state index contributed by atoms with van der Waals surface area (Å²) < 4.78 is 4.56. The molecule has 2 unspecified atom stereocenters. The van der Waals surface area contributed by atoms with Gasteiger partial charge in [0.25, 0.3) is 5.56 Å². The molecular weight excluding hydrogens is 478 g/mol. The second-order valence-corrected chi connectivity index (χ2v) is 9.79. The first-order chi connectivity index (χ1) is 18.5. The van der Waals surface area contributed by atoms with Crippen LogP contribution in [0.2, 0.25) is 0 Å². The molecule has 0 bridgehead atoms. The van der Waals surface area contributed by atoms with Gasteiger partial charge in [-0.15, -0.1) is 0 Å². The van der Waals surface area contributed by atoms with Crippen molar-refractivity contribution in [2.24, 2.45) is 12.8 Å². The first-order valence-electron chi connectivity index (χ1n) is 12.8. The van der Waals surface area contributed by atoms with Crippen LogP contribution in [0, 0.1) is 0 Å². The molecule has 0 spiro atoms. The molecule has 192 valence electrons. The second-order valence-electron chi connectivity index (χ2n) is 9.79. The van der Waals surface area contributed by atoms with Crippen molar-refractivity contribution in [3.05, 3.63) is 105 Å². The van der Waals surface area contributed by atoms with Crippen LogP contribution >= 0.6 is 0 Å². The lowest BCUT2D eigenvalue weighted by Crippen LogP contribution is -2.42. The summed E-state index contributed by atoms with van der Waals surface area (Å²) in [5.74, 6) is 0.543. The summed E-state index contributed by atoms with van der Waals surface area (Å²) in [4.78, 5) is 31.3. The highest BCUT2D eigenvalue weighted by Crippen LogP contribution is 2.32. The van der Waals surface area contributed by atoms with Gasteiger partial charge in [0, 0.05) is 30.5 Å². The Morgan fingerprint density at radius 2 is 1.74 bits per heavy atom. The van der Waals surface area contributed by atoms with E-state index in [9.17, 15) is 9.59 Å². The van der Waals surface area contributed by atoms with E-state index in [2.05, 4.69) is 10.3 Å². The highest BCUT2D eigenvalue weighted by molar-refractivity contribution is 5.89. The number of fused-ring (bicyclic) bond motifs is 1. The standard InChI is InChI=1S/C29H29N7O2/c1-34-28(37)25-26(32-21-8-3-2-4-9-21)35(33-27(25)36(29(34)38)24-12-7-10-22(24)30)18-19-13-15-20(16-14-19)23-11-5-6-17-31-23/h2-6,8-9,11,13-17,22,24,32H,7,10,12,18,30H2,1H3. The first kappa shape index (κ1) is 23.9. The summed E-state index contributed by atoms with van der Waals surface area (Å²) in [5, 5.41) is 8.64. The molecule has 5 aromatic rings. The number of nitrogens with zero attached hydrogens (tertiary/aromatic N) is 5. The highest BCUT2D eigenvalue weighted by Gasteiger charge is 2.31. The van der Waals surface area contributed by atoms with Crippen LogP contribution in [0.4, 0.5) is 11.5 Å². The number of nitrogens with two attached hydrogens (primary N) is 1. The molecule has 6 rings (SSSR count). The molecule has 1 aliphatic carbocycles. The van der Waals surface area contributed by atoms with Gasteiger partial charge in [-0.3, -0.25) is 18.9 Å². The van der Waals surface area contributed by atoms with E-state index in [0.717, 1.165) is 46.3 Å². The van der Waals surface area contributed by atoms with E-state index in [-0.39, 0.29) is 23.3 Å². The number of aromatic nitrogens is 5. The number of nitrogens with one attached hydrogen (secondary N) is 1. The minimum Gasteiger partial charge on any atom is -0.340 e. The average Bonchev–Trinajstić information content (AvgIpc) is 3.52. The molecule has 3 N–H and O–H groups in total. The number of hydrogen-bond donors (Lipinski definition) is 2. The highest BCUT2D eigenvalue weighted by atomic mass is 16.2. The Bertz CT molecular complexity index is 1700. The Hall–Kier alpha value is -4.50. The van der Waals surface area contributed by atoms with E-state index in [1.807, 2.05) is 72.8 Å². The molecule has 0 aliphatic heterocycles. The van der Waals surface area contributed by atoms with E-state index < -0.39 is 0 Å². The Morgan fingerprint density at radius 3 is 2.42 bits per heavy atom. The van der Waals surface area contributed by atoms with Crippen molar-refractivity contribution in [2.45, 2.75) is 37.9 Å². The molecule has 1 aliphatic rings. The fourth-order valence-electron chi connectivity index (χ4n) is 5.30. The number of anilines is 2. The monoisotopic (exact) mass is 507 g/mol. The Morgan fingerprint density at radius 1 is 0.974 bits per heavy atom. The van der Waals surface area contributed by atoms with Gasteiger partial charge in [-0.1, -0.05) is 48.5 Å². The zero-order valence-corrected chi connectivity index (χ0v) is 21.1. The molecule has 38 heavy (non-hydrogen) atoms. The molecule has 0 radical (unpaired) electrons. The molecule has 1 fully saturated rings. The molecule has 2 aromatic carbocycles. The van der Waals surface area contributed by atoms with E-state index in [1.54, 1.807) is 15.4 Å². The molecular formula is C29H29N7O2. The van der Waals surface area contributed by atoms with Crippen LogP contribution in [0.25, 0.3) is 22.3 Å². The summed E-state index contributed by atoms with van der Waals surface area (Å²) in [6.07, 6.45) is 4.31. The van der Waals surface area contributed by atoms with Gasteiger partial charge in [0.1, 0.15) is 11.2 Å². The minimum atomic E-state index is -0.388. The van der Waals surface area contributed by atoms with Gasteiger partial charge in [0.2, 0.25) is 0 Å². The molecule has 2 atom stereocenters. The van der Waals surface area contributed by atoms with Gasteiger partial charge in [-0.05, 0) is 49.1 Å². The lowest BCUT2D eigenvalue weighted by atomic mass is 10.1. The molecule has 9 heteroatoms. The second kappa shape index (κ2) is 9.75. The van der Waals surface area contributed by atoms with E-state index >= 15 is 0 Å². The predicted octanol–water partition coefficient (Wildman–Crippen LogP) is 3.80. The van der Waals surface area contributed by atoms with Gasteiger partial charge >= 0.3 is 5.69 Å². The number of rotatable bonds is 6. The molecule has 0 amide bonds. The van der Waals surface area contributed by atoms with Gasteiger partial charge in [-0.2, -0.15) is 5.10 Å². The number of para-hydroxylation sites is 1. The Kier molecular flexibility index (Phi) is 6.13. The molecule has 0 saturated heterocycles. The maximum atomic E-state index is 13.5. The fraction of sp³-hybridized carbons (Fsp3) is 0.241. The average molecular weight is 508 g/mol. The zero-order chi connectivity index (χ0) is 26.2. The third kappa shape index (κ3) is 4.20. The maximum Gasteiger partial charge on any atom is 0.332 e. The van der Waals surface area contributed by atoms with Gasteiger partial charge in [-0.25, -0.2) is 9.48 Å². The van der Waals surface area contributed by atoms with Gasteiger partial charge in [0.15, 0.2) is 5.65 Å². The van der Waals surface area contributed by atoms with Gasteiger partial charge < -0.3 is 11.1 Å².